The zero-order valence-corrected chi connectivity index (χ0v) is 17.4. The Morgan fingerprint density at radius 3 is 2.69 bits per heavy atom. The van der Waals surface area contributed by atoms with Gasteiger partial charge >= 0.3 is 5.97 Å². The minimum Gasteiger partial charge on any atom is -0.454 e. The Kier molecular flexibility index (Phi) is 6.43. The van der Waals surface area contributed by atoms with E-state index in [2.05, 4.69) is 10.3 Å². The summed E-state index contributed by atoms with van der Waals surface area (Å²) in [4.78, 5) is 41.7. The molecule has 29 heavy (non-hydrogen) atoms. The van der Waals surface area contributed by atoms with Crippen LogP contribution < -0.4 is 10.9 Å². The minimum absolute atomic E-state index is 0.00853. The molecule has 8 heteroatoms. The number of rotatable bonds is 7. The lowest BCUT2D eigenvalue weighted by atomic mass is 10.1. The van der Waals surface area contributed by atoms with Crippen LogP contribution in [0.2, 0.25) is 0 Å². The fourth-order valence-corrected chi connectivity index (χ4v) is 3.68. The molecule has 0 aliphatic carbocycles. The predicted molar refractivity (Wildman–Crippen MR) is 113 cm³/mol. The molecule has 2 aromatic heterocycles. The van der Waals surface area contributed by atoms with Crippen LogP contribution in [0.5, 0.6) is 0 Å². The molecule has 0 aliphatic rings. The molecule has 0 fully saturated rings. The Labute approximate surface area is 172 Å². The number of amides is 1. The second kappa shape index (κ2) is 9.00. The summed E-state index contributed by atoms with van der Waals surface area (Å²) >= 11 is 1.38. The molecule has 3 aromatic rings. The molecule has 0 aliphatic heterocycles. The fourth-order valence-electron chi connectivity index (χ4n) is 2.78. The fraction of sp³-hybridized carbons (Fsp3) is 0.333. The van der Waals surface area contributed by atoms with Crippen molar-refractivity contribution in [2.45, 2.75) is 39.8 Å². The topological polar surface area (TPSA) is 90.3 Å². The lowest BCUT2D eigenvalue weighted by molar-refractivity contribution is -0.149. The maximum Gasteiger partial charge on any atom is 0.326 e. The Morgan fingerprint density at radius 2 is 2.00 bits per heavy atom. The van der Waals surface area contributed by atoms with Gasteiger partial charge in [0, 0.05) is 17.0 Å². The molecule has 0 unspecified atom stereocenters. The third-order valence-corrected chi connectivity index (χ3v) is 5.49. The summed E-state index contributed by atoms with van der Waals surface area (Å²) in [6, 6.07) is 7.88. The molecule has 0 radical (unpaired) electrons. The van der Waals surface area contributed by atoms with E-state index in [9.17, 15) is 14.4 Å². The summed E-state index contributed by atoms with van der Waals surface area (Å²) < 4.78 is 6.20. The highest BCUT2D eigenvalue weighted by Crippen LogP contribution is 2.30. The quantitative estimate of drug-likeness (QED) is 0.602. The van der Waals surface area contributed by atoms with Gasteiger partial charge in [0.05, 0.1) is 11.7 Å². The van der Waals surface area contributed by atoms with Gasteiger partial charge in [0.15, 0.2) is 6.61 Å². The minimum atomic E-state index is -0.667. The van der Waals surface area contributed by atoms with E-state index in [0.29, 0.717) is 10.2 Å². The summed E-state index contributed by atoms with van der Waals surface area (Å²) in [5, 5.41) is 5.08. The van der Waals surface area contributed by atoms with Crippen molar-refractivity contribution in [3.8, 4) is 11.1 Å². The van der Waals surface area contributed by atoms with Crippen molar-refractivity contribution in [2.24, 2.45) is 0 Å². The predicted octanol–water partition coefficient (Wildman–Crippen LogP) is 2.89. The third kappa shape index (κ3) is 4.89. The SMILES string of the molecule is CC[C@@H](C)NC(=O)COC(=O)Cn1cnc2scc(-c3ccc(C)cc3)c2c1=O. The summed E-state index contributed by atoms with van der Waals surface area (Å²) in [5.74, 6) is -1.03. The van der Waals surface area contributed by atoms with Gasteiger partial charge in [-0.25, -0.2) is 4.98 Å². The highest BCUT2D eigenvalue weighted by molar-refractivity contribution is 7.17. The summed E-state index contributed by atoms with van der Waals surface area (Å²) in [6.07, 6.45) is 2.12. The molecule has 3 rings (SSSR count). The van der Waals surface area contributed by atoms with Gasteiger partial charge in [0.2, 0.25) is 0 Å². The van der Waals surface area contributed by atoms with Crippen LogP contribution in [-0.4, -0.2) is 34.1 Å². The first-order valence-corrected chi connectivity index (χ1v) is 10.3. The number of nitrogens with one attached hydrogen (secondary N) is 1. The van der Waals surface area contributed by atoms with Gasteiger partial charge in [0.1, 0.15) is 11.4 Å². The largest absolute Gasteiger partial charge is 0.454 e. The van der Waals surface area contributed by atoms with Crippen LogP contribution in [0.15, 0.2) is 40.8 Å². The second-order valence-corrected chi connectivity index (χ2v) is 7.77. The van der Waals surface area contributed by atoms with Crippen molar-refractivity contribution in [3.63, 3.8) is 0 Å². The summed E-state index contributed by atoms with van der Waals surface area (Å²) in [5.41, 5.74) is 2.53. The zero-order valence-electron chi connectivity index (χ0n) is 16.6. The third-order valence-electron chi connectivity index (χ3n) is 4.61. The molecular formula is C21H23N3O4S. The maximum absolute atomic E-state index is 13.0. The smallest absolute Gasteiger partial charge is 0.326 e. The lowest BCUT2D eigenvalue weighted by Gasteiger charge is -2.11. The number of esters is 1. The first-order chi connectivity index (χ1) is 13.9. The second-order valence-electron chi connectivity index (χ2n) is 6.91. The molecular weight excluding hydrogens is 390 g/mol. The Bertz CT molecular complexity index is 1090. The van der Waals surface area contributed by atoms with Gasteiger partial charge < -0.3 is 10.1 Å². The van der Waals surface area contributed by atoms with E-state index in [1.807, 2.05) is 50.4 Å². The van der Waals surface area contributed by atoms with Crippen molar-refractivity contribution < 1.29 is 14.3 Å². The highest BCUT2D eigenvalue weighted by Gasteiger charge is 2.16. The summed E-state index contributed by atoms with van der Waals surface area (Å²) in [7, 11) is 0. The molecule has 1 aromatic carbocycles. The van der Waals surface area contributed by atoms with E-state index in [0.717, 1.165) is 23.1 Å². The lowest BCUT2D eigenvalue weighted by Crippen LogP contribution is -2.36. The van der Waals surface area contributed by atoms with E-state index in [1.54, 1.807) is 0 Å². The normalized spacial score (nSPS) is 12.0. The first-order valence-electron chi connectivity index (χ1n) is 9.37. The van der Waals surface area contributed by atoms with Crippen LogP contribution in [0.4, 0.5) is 0 Å². The number of benzene rings is 1. The van der Waals surface area contributed by atoms with E-state index in [1.165, 1.54) is 22.2 Å². The van der Waals surface area contributed by atoms with Crippen molar-refractivity contribution in [1.29, 1.82) is 0 Å². The van der Waals surface area contributed by atoms with Crippen LogP contribution in [0, 0.1) is 6.92 Å². The highest BCUT2D eigenvalue weighted by atomic mass is 32.1. The van der Waals surface area contributed by atoms with Crippen molar-refractivity contribution >= 4 is 33.4 Å². The molecule has 1 N–H and O–H groups in total. The van der Waals surface area contributed by atoms with Crippen LogP contribution in [0.1, 0.15) is 25.8 Å². The molecule has 0 spiro atoms. The van der Waals surface area contributed by atoms with E-state index in [4.69, 9.17) is 4.74 Å². The molecule has 152 valence electrons. The Balaban J connectivity index is 1.77. The van der Waals surface area contributed by atoms with Crippen LogP contribution in [-0.2, 0) is 20.9 Å². The van der Waals surface area contributed by atoms with Gasteiger partial charge in [-0.05, 0) is 25.8 Å². The molecule has 0 saturated carbocycles. The van der Waals surface area contributed by atoms with Crippen molar-refractivity contribution in [1.82, 2.24) is 14.9 Å². The first kappa shape index (κ1) is 20.7. The molecule has 1 atom stereocenters. The van der Waals surface area contributed by atoms with Crippen LogP contribution >= 0.6 is 11.3 Å². The standard InChI is InChI=1S/C21H23N3O4S/c1-4-14(3)23-17(25)10-28-18(26)9-24-12-22-20-19(21(24)27)16(11-29-20)15-7-5-13(2)6-8-15/h5-8,11-12,14H,4,9-10H2,1-3H3,(H,23,25)/t14-/m1/s1. The number of hydrogen-bond acceptors (Lipinski definition) is 6. The molecule has 7 nitrogen and oxygen atoms in total. The zero-order chi connectivity index (χ0) is 21.0. The maximum atomic E-state index is 13.0. The number of thiophene rings is 1. The molecule has 2 heterocycles. The number of aryl methyl sites for hydroxylation is 1. The van der Waals surface area contributed by atoms with E-state index >= 15 is 0 Å². The van der Waals surface area contributed by atoms with Crippen molar-refractivity contribution in [3.05, 3.63) is 51.9 Å². The number of ether oxygens (including phenoxy) is 1. The van der Waals surface area contributed by atoms with Crippen LogP contribution in [0.3, 0.4) is 0 Å². The van der Waals surface area contributed by atoms with Gasteiger partial charge in [0.25, 0.3) is 11.5 Å². The molecule has 0 bridgehead atoms. The Morgan fingerprint density at radius 1 is 1.28 bits per heavy atom. The Hall–Kier alpha value is -3.00. The average Bonchev–Trinajstić information content (AvgIpc) is 3.14. The van der Waals surface area contributed by atoms with Gasteiger partial charge in [-0.1, -0.05) is 36.8 Å². The number of hydrogen-bond donors (Lipinski definition) is 1. The van der Waals surface area contributed by atoms with Crippen LogP contribution in [0.25, 0.3) is 21.3 Å². The molecule has 1 amide bonds. The van der Waals surface area contributed by atoms with E-state index in [-0.39, 0.29) is 30.7 Å². The van der Waals surface area contributed by atoms with Gasteiger partial charge in [-0.3, -0.25) is 19.0 Å². The number of aromatic nitrogens is 2. The number of carbonyl (C=O) groups is 2. The number of fused-ring (bicyclic) bond motifs is 1. The number of carbonyl (C=O) groups excluding carboxylic acids is 2. The summed E-state index contributed by atoms with van der Waals surface area (Å²) in [6.45, 7) is 5.13. The van der Waals surface area contributed by atoms with E-state index < -0.39 is 5.97 Å². The van der Waals surface area contributed by atoms with Gasteiger partial charge in [-0.2, -0.15) is 0 Å². The monoisotopic (exact) mass is 413 g/mol. The number of nitrogens with zero attached hydrogens (tertiary/aromatic N) is 2. The average molecular weight is 413 g/mol. The molecule has 0 saturated heterocycles. The van der Waals surface area contributed by atoms with Crippen molar-refractivity contribution in [2.75, 3.05) is 6.61 Å². The van der Waals surface area contributed by atoms with Gasteiger partial charge in [-0.15, -0.1) is 11.3 Å².